The van der Waals surface area contributed by atoms with Gasteiger partial charge >= 0.3 is 0 Å². The number of hydrogen-bond acceptors (Lipinski definition) is 4. The largest absolute Gasteiger partial charge is 0.481 e. The zero-order valence-electron chi connectivity index (χ0n) is 10.5. The van der Waals surface area contributed by atoms with E-state index in [1.807, 2.05) is 13.1 Å². The molecule has 0 aliphatic carbocycles. The number of aryl methyl sites for hydroxylation is 1. The van der Waals surface area contributed by atoms with E-state index in [2.05, 4.69) is 15.3 Å². The summed E-state index contributed by atoms with van der Waals surface area (Å²) in [6.45, 7) is 3.74. The van der Waals surface area contributed by atoms with Gasteiger partial charge in [-0.1, -0.05) is 0 Å². The molecule has 0 spiro atoms. The van der Waals surface area contributed by atoms with E-state index in [0.717, 1.165) is 17.6 Å². The zero-order valence-corrected chi connectivity index (χ0v) is 10.5. The maximum absolute atomic E-state index is 5.23. The highest BCUT2D eigenvalue weighted by molar-refractivity contribution is 5.40. The topological polar surface area (TPSA) is 42.3 Å². The summed E-state index contributed by atoms with van der Waals surface area (Å²) in [6.07, 6.45) is 2.55. The Morgan fingerprint density at radius 3 is 3.00 bits per heavy atom. The number of aromatic nitrogens is 2. The second kappa shape index (κ2) is 4.22. The number of anilines is 1. The fourth-order valence-electron chi connectivity index (χ4n) is 3.04. The molecular formula is C12H20N4O. The van der Waals surface area contributed by atoms with Crippen LogP contribution >= 0.6 is 0 Å². The summed E-state index contributed by atoms with van der Waals surface area (Å²) >= 11 is 0. The molecule has 0 aromatic carbocycles. The number of nitrogens with zero attached hydrogens (tertiary/aromatic N) is 3. The molecule has 3 atom stereocenters. The molecule has 2 fully saturated rings. The lowest BCUT2D eigenvalue weighted by molar-refractivity contribution is 0.254. The van der Waals surface area contributed by atoms with E-state index in [4.69, 9.17) is 4.74 Å². The minimum Gasteiger partial charge on any atom is -0.481 e. The van der Waals surface area contributed by atoms with Crippen LogP contribution in [0.15, 0.2) is 6.07 Å². The fraction of sp³-hybridized carbons (Fsp3) is 0.750. The van der Waals surface area contributed by atoms with E-state index in [1.54, 1.807) is 11.8 Å². The molecule has 3 heterocycles. The SMILES string of the molecule is COc1cc(NC2CCN3CCC2C3)nn1C. The second-order valence-corrected chi connectivity index (χ2v) is 5.08. The van der Waals surface area contributed by atoms with Crippen LogP contribution in [0.2, 0.25) is 0 Å². The summed E-state index contributed by atoms with van der Waals surface area (Å²) < 4.78 is 7.00. The molecule has 3 unspecified atom stereocenters. The van der Waals surface area contributed by atoms with Crippen LogP contribution in [-0.2, 0) is 7.05 Å². The van der Waals surface area contributed by atoms with E-state index in [1.165, 1.54) is 32.5 Å². The van der Waals surface area contributed by atoms with Gasteiger partial charge in [0.05, 0.1) is 7.11 Å². The van der Waals surface area contributed by atoms with Gasteiger partial charge in [-0.3, -0.25) is 0 Å². The number of piperidine rings is 1. The maximum Gasteiger partial charge on any atom is 0.213 e. The van der Waals surface area contributed by atoms with Crippen LogP contribution < -0.4 is 10.1 Å². The predicted octanol–water partition coefficient (Wildman–Crippen LogP) is 0.935. The summed E-state index contributed by atoms with van der Waals surface area (Å²) in [5.41, 5.74) is 0. The maximum atomic E-state index is 5.23. The highest BCUT2D eigenvalue weighted by atomic mass is 16.5. The lowest BCUT2D eigenvalue weighted by Gasteiger charge is -2.30. The van der Waals surface area contributed by atoms with E-state index < -0.39 is 0 Å². The van der Waals surface area contributed by atoms with E-state index >= 15 is 0 Å². The second-order valence-electron chi connectivity index (χ2n) is 5.08. The van der Waals surface area contributed by atoms with Crippen LogP contribution in [0.5, 0.6) is 5.88 Å². The third kappa shape index (κ3) is 1.99. The number of hydrogen-bond donors (Lipinski definition) is 1. The number of fused-ring (bicyclic) bond motifs is 2. The minimum atomic E-state index is 0.577. The van der Waals surface area contributed by atoms with Gasteiger partial charge in [-0.2, -0.15) is 5.10 Å². The molecule has 0 radical (unpaired) electrons. The van der Waals surface area contributed by atoms with Crippen LogP contribution in [0.4, 0.5) is 5.82 Å². The predicted molar refractivity (Wildman–Crippen MR) is 66.3 cm³/mol. The van der Waals surface area contributed by atoms with Gasteiger partial charge in [-0.05, 0) is 25.3 Å². The van der Waals surface area contributed by atoms with Crippen LogP contribution in [0.1, 0.15) is 12.8 Å². The van der Waals surface area contributed by atoms with Crippen molar-refractivity contribution in [2.75, 3.05) is 32.1 Å². The van der Waals surface area contributed by atoms with Crippen molar-refractivity contribution in [3.63, 3.8) is 0 Å². The molecule has 0 amide bonds. The summed E-state index contributed by atoms with van der Waals surface area (Å²) in [5, 5.41) is 7.99. The molecule has 2 aliphatic rings. The standard InChI is InChI=1S/C12H20N4O/c1-15-12(17-2)7-11(14-15)13-10-4-6-16-5-3-9(10)8-16/h7,9-10H,3-6,8H2,1-2H3,(H,13,14). The molecule has 17 heavy (non-hydrogen) atoms. The van der Waals surface area contributed by atoms with Gasteiger partial charge in [0.15, 0.2) is 5.82 Å². The molecular weight excluding hydrogens is 216 g/mol. The first-order chi connectivity index (χ1) is 8.26. The smallest absolute Gasteiger partial charge is 0.213 e. The van der Waals surface area contributed by atoms with Crippen molar-refractivity contribution in [1.29, 1.82) is 0 Å². The van der Waals surface area contributed by atoms with Crippen molar-refractivity contribution in [1.82, 2.24) is 14.7 Å². The third-order valence-corrected chi connectivity index (χ3v) is 4.01. The summed E-state index contributed by atoms with van der Waals surface area (Å²) in [6, 6.07) is 2.55. The summed E-state index contributed by atoms with van der Waals surface area (Å²) in [5.74, 6) is 2.53. The first kappa shape index (κ1) is 10.9. The fourth-order valence-corrected chi connectivity index (χ4v) is 3.04. The van der Waals surface area contributed by atoms with Crippen LogP contribution in [0.25, 0.3) is 0 Å². The normalized spacial score (nSPS) is 31.5. The summed E-state index contributed by atoms with van der Waals surface area (Å²) in [4.78, 5) is 2.56. The minimum absolute atomic E-state index is 0.577. The lowest BCUT2D eigenvalue weighted by Crippen LogP contribution is -2.39. The van der Waals surface area contributed by atoms with Gasteiger partial charge in [-0.25, -0.2) is 4.68 Å². The highest BCUT2D eigenvalue weighted by Crippen LogP contribution is 2.29. The monoisotopic (exact) mass is 236 g/mol. The molecule has 94 valence electrons. The Morgan fingerprint density at radius 1 is 1.41 bits per heavy atom. The van der Waals surface area contributed by atoms with E-state index in [-0.39, 0.29) is 0 Å². The molecule has 5 heteroatoms. The van der Waals surface area contributed by atoms with Gasteiger partial charge < -0.3 is 15.0 Å². The zero-order chi connectivity index (χ0) is 11.8. The molecule has 1 N–H and O–H groups in total. The molecule has 2 saturated heterocycles. The van der Waals surface area contributed by atoms with E-state index in [9.17, 15) is 0 Å². The Morgan fingerprint density at radius 2 is 2.24 bits per heavy atom. The van der Waals surface area contributed by atoms with Crippen molar-refractivity contribution in [3.05, 3.63) is 6.07 Å². The van der Waals surface area contributed by atoms with E-state index in [0.29, 0.717) is 6.04 Å². The first-order valence-electron chi connectivity index (χ1n) is 6.33. The number of nitrogens with one attached hydrogen (secondary N) is 1. The summed E-state index contributed by atoms with van der Waals surface area (Å²) in [7, 11) is 3.58. The van der Waals surface area contributed by atoms with Crippen molar-refractivity contribution in [2.24, 2.45) is 13.0 Å². The first-order valence-corrected chi connectivity index (χ1v) is 6.33. The third-order valence-electron chi connectivity index (χ3n) is 4.01. The van der Waals surface area contributed by atoms with Gasteiger partial charge in [0.1, 0.15) is 0 Å². The molecule has 1 aromatic rings. The van der Waals surface area contributed by atoms with Gasteiger partial charge in [0, 0.05) is 32.2 Å². The number of methoxy groups -OCH3 is 1. The number of ether oxygens (including phenoxy) is 1. The average Bonchev–Trinajstić information content (AvgIpc) is 2.87. The Labute approximate surface area is 102 Å². The van der Waals surface area contributed by atoms with Crippen molar-refractivity contribution in [2.45, 2.75) is 18.9 Å². The van der Waals surface area contributed by atoms with Gasteiger partial charge in [0.2, 0.25) is 5.88 Å². The molecule has 5 nitrogen and oxygen atoms in total. The van der Waals surface area contributed by atoms with Crippen LogP contribution in [0, 0.1) is 5.92 Å². The average molecular weight is 236 g/mol. The Hall–Kier alpha value is -1.23. The Balaban J connectivity index is 1.69. The quantitative estimate of drug-likeness (QED) is 0.848. The van der Waals surface area contributed by atoms with Crippen LogP contribution in [0.3, 0.4) is 0 Å². The van der Waals surface area contributed by atoms with Gasteiger partial charge in [0.25, 0.3) is 0 Å². The highest BCUT2D eigenvalue weighted by Gasteiger charge is 2.34. The molecule has 3 rings (SSSR count). The Kier molecular flexibility index (Phi) is 2.70. The number of rotatable bonds is 3. The van der Waals surface area contributed by atoms with Crippen LogP contribution in [-0.4, -0.2) is 47.5 Å². The molecule has 2 aliphatic heterocycles. The van der Waals surface area contributed by atoms with Crippen molar-refractivity contribution in [3.8, 4) is 5.88 Å². The molecule has 2 bridgehead atoms. The van der Waals surface area contributed by atoms with Gasteiger partial charge in [-0.15, -0.1) is 0 Å². The molecule has 1 aromatic heterocycles. The lowest BCUT2D eigenvalue weighted by atomic mass is 9.94. The van der Waals surface area contributed by atoms with Crippen molar-refractivity contribution < 1.29 is 4.74 Å². The molecule has 0 saturated carbocycles. The van der Waals surface area contributed by atoms with Crippen molar-refractivity contribution >= 4 is 5.82 Å². The Bertz CT molecular complexity index is 403.